The summed E-state index contributed by atoms with van der Waals surface area (Å²) in [5, 5.41) is 3.36. The fourth-order valence-electron chi connectivity index (χ4n) is 2.36. The average molecular weight is 361 g/mol. The zero-order valence-corrected chi connectivity index (χ0v) is 14.7. The molecule has 0 aliphatic carbocycles. The molecular formula is C18H21BrN2O. The first-order valence-electron chi connectivity index (χ1n) is 7.33. The summed E-state index contributed by atoms with van der Waals surface area (Å²) in [7, 11) is 1.81. The highest BCUT2D eigenvalue weighted by molar-refractivity contribution is 9.10. The van der Waals surface area contributed by atoms with Crippen LogP contribution < -0.4 is 10.2 Å². The third-order valence-electron chi connectivity index (χ3n) is 3.71. The van der Waals surface area contributed by atoms with E-state index >= 15 is 0 Å². The Kier molecular flexibility index (Phi) is 5.75. The summed E-state index contributed by atoms with van der Waals surface area (Å²) in [6, 6.07) is 17.7. The Morgan fingerprint density at radius 2 is 1.64 bits per heavy atom. The molecule has 4 heteroatoms. The molecule has 0 bridgehead atoms. The molecule has 1 N–H and O–H groups in total. The molecule has 0 saturated carbocycles. The SMILES string of the molecule is C[C@H](N[C@H](C)c1ccc(Br)cc1)C(=O)N(C)c1ccccc1. The first-order valence-corrected chi connectivity index (χ1v) is 8.12. The van der Waals surface area contributed by atoms with Crippen LogP contribution in [0, 0.1) is 0 Å². The Morgan fingerprint density at radius 1 is 1.05 bits per heavy atom. The van der Waals surface area contributed by atoms with Crippen molar-refractivity contribution in [2.75, 3.05) is 11.9 Å². The van der Waals surface area contributed by atoms with Crippen LogP contribution in [0.4, 0.5) is 5.69 Å². The summed E-state index contributed by atoms with van der Waals surface area (Å²) in [6.07, 6.45) is 0. The van der Waals surface area contributed by atoms with Gasteiger partial charge in [-0.3, -0.25) is 10.1 Å². The van der Waals surface area contributed by atoms with Gasteiger partial charge in [0, 0.05) is 23.2 Å². The molecule has 22 heavy (non-hydrogen) atoms. The predicted molar refractivity (Wildman–Crippen MR) is 95.0 cm³/mol. The first kappa shape index (κ1) is 16.7. The number of benzene rings is 2. The van der Waals surface area contributed by atoms with E-state index in [0.717, 1.165) is 15.7 Å². The molecule has 0 saturated heterocycles. The molecule has 3 nitrogen and oxygen atoms in total. The van der Waals surface area contributed by atoms with Gasteiger partial charge in [-0.15, -0.1) is 0 Å². The molecular weight excluding hydrogens is 340 g/mol. The van der Waals surface area contributed by atoms with E-state index in [1.165, 1.54) is 0 Å². The van der Waals surface area contributed by atoms with Crippen LogP contribution in [0.1, 0.15) is 25.5 Å². The van der Waals surface area contributed by atoms with Crippen LogP contribution in [-0.2, 0) is 4.79 Å². The summed E-state index contributed by atoms with van der Waals surface area (Å²) in [5.74, 6) is 0.0511. The third kappa shape index (κ3) is 4.18. The zero-order chi connectivity index (χ0) is 16.1. The summed E-state index contributed by atoms with van der Waals surface area (Å²) >= 11 is 3.43. The summed E-state index contributed by atoms with van der Waals surface area (Å²) < 4.78 is 1.05. The first-order chi connectivity index (χ1) is 10.5. The van der Waals surface area contributed by atoms with Crippen molar-refractivity contribution in [3.05, 3.63) is 64.6 Å². The molecule has 0 aromatic heterocycles. The van der Waals surface area contributed by atoms with Crippen molar-refractivity contribution in [1.82, 2.24) is 5.32 Å². The Balaban J connectivity index is 2.00. The standard InChI is InChI=1S/C18H21BrN2O/c1-13(15-9-11-16(19)12-10-15)20-14(2)18(22)21(3)17-7-5-4-6-8-17/h4-14,20H,1-3H3/t13-,14+/m1/s1. The van der Waals surface area contributed by atoms with Gasteiger partial charge in [-0.2, -0.15) is 0 Å². The van der Waals surface area contributed by atoms with Gasteiger partial charge < -0.3 is 4.90 Å². The van der Waals surface area contributed by atoms with Crippen molar-refractivity contribution >= 4 is 27.5 Å². The largest absolute Gasteiger partial charge is 0.314 e. The monoisotopic (exact) mass is 360 g/mol. The molecule has 2 aromatic rings. The van der Waals surface area contributed by atoms with Crippen molar-refractivity contribution in [1.29, 1.82) is 0 Å². The predicted octanol–water partition coefficient (Wildman–Crippen LogP) is 4.15. The fraction of sp³-hybridized carbons (Fsp3) is 0.278. The second-order valence-electron chi connectivity index (χ2n) is 5.39. The smallest absolute Gasteiger partial charge is 0.243 e. The van der Waals surface area contributed by atoms with E-state index in [2.05, 4.69) is 40.3 Å². The molecule has 0 unspecified atom stereocenters. The van der Waals surface area contributed by atoms with Crippen molar-refractivity contribution in [2.45, 2.75) is 25.9 Å². The van der Waals surface area contributed by atoms with Gasteiger partial charge in [0.15, 0.2) is 0 Å². The number of carbonyl (C=O) groups is 1. The molecule has 0 fully saturated rings. The van der Waals surface area contributed by atoms with E-state index < -0.39 is 0 Å². The van der Waals surface area contributed by atoms with Gasteiger partial charge in [-0.25, -0.2) is 0 Å². The molecule has 0 spiro atoms. The van der Waals surface area contributed by atoms with Gasteiger partial charge in [0.05, 0.1) is 6.04 Å². The van der Waals surface area contributed by atoms with E-state index in [1.54, 1.807) is 11.9 Å². The maximum atomic E-state index is 12.5. The van der Waals surface area contributed by atoms with Gasteiger partial charge in [0.25, 0.3) is 0 Å². The molecule has 1 amide bonds. The number of nitrogens with one attached hydrogen (secondary N) is 1. The molecule has 2 aromatic carbocycles. The number of amides is 1. The number of carbonyl (C=O) groups excluding carboxylic acids is 1. The number of likely N-dealkylation sites (N-methyl/N-ethyl adjacent to an activating group) is 1. The van der Waals surface area contributed by atoms with Crippen LogP contribution in [-0.4, -0.2) is 19.0 Å². The lowest BCUT2D eigenvalue weighted by Crippen LogP contribution is -2.44. The van der Waals surface area contributed by atoms with Crippen molar-refractivity contribution in [3.8, 4) is 0 Å². The lowest BCUT2D eigenvalue weighted by atomic mass is 10.1. The minimum Gasteiger partial charge on any atom is -0.314 e. The Hall–Kier alpha value is -1.65. The highest BCUT2D eigenvalue weighted by atomic mass is 79.9. The number of hydrogen-bond donors (Lipinski definition) is 1. The van der Waals surface area contributed by atoms with Crippen LogP contribution in [0.25, 0.3) is 0 Å². The molecule has 0 heterocycles. The molecule has 2 atom stereocenters. The van der Waals surface area contributed by atoms with E-state index in [0.29, 0.717) is 0 Å². The van der Waals surface area contributed by atoms with Gasteiger partial charge in [-0.05, 0) is 43.7 Å². The molecule has 2 rings (SSSR count). The molecule has 0 aliphatic rings. The quantitative estimate of drug-likeness (QED) is 0.868. The Labute approximate surface area is 140 Å². The van der Waals surface area contributed by atoms with Gasteiger partial charge in [-0.1, -0.05) is 46.3 Å². The second-order valence-corrected chi connectivity index (χ2v) is 6.31. The number of nitrogens with zero attached hydrogens (tertiary/aromatic N) is 1. The van der Waals surface area contributed by atoms with Crippen LogP contribution in [0.5, 0.6) is 0 Å². The number of hydrogen-bond acceptors (Lipinski definition) is 2. The van der Waals surface area contributed by atoms with E-state index in [9.17, 15) is 4.79 Å². The maximum absolute atomic E-state index is 12.5. The summed E-state index contributed by atoms with van der Waals surface area (Å²) in [4.78, 5) is 14.2. The number of halogens is 1. The van der Waals surface area contributed by atoms with E-state index in [4.69, 9.17) is 0 Å². The van der Waals surface area contributed by atoms with Gasteiger partial charge in [0.1, 0.15) is 0 Å². The molecule has 116 valence electrons. The lowest BCUT2D eigenvalue weighted by Gasteiger charge is -2.25. The minimum absolute atomic E-state index is 0.0511. The molecule has 0 aliphatic heterocycles. The van der Waals surface area contributed by atoms with E-state index in [-0.39, 0.29) is 18.0 Å². The Morgan fingerprint density at radius 3 is 2.23 bits per heavy atom. The van der Waals surface area contributed by atoms with E-state index in [1.807, 2.05) is 49.4 Å². The fourth-order valence-corrected chi connectivity index (χ4v) is 2.63. The number of anilines is 1. The highest BCUT2D eigenvalue weighted by Crippen LogP contribution is 2.18. The van der Waals surface area contributed by atoms with Gasteiger partial charge in [0.2, 0.25) is 5.91 Å². The van der Waals surface area contributed by atoms with Crippen molar-refractivity contribution in [2.24, 2.45) is 0 Å². The van der Waals surface area contributed by atoms with Crippen LogP contribution >= 0.6 is 15.9 Å². The van der Waals surface area contributed by atoms with Crippen molar-refractivity contribution in [3.63, 3.8) is 0 Å². The minimum atomic E-state index is -0.260. The maximum Gasteiger partial charge on any atom is 0.243 e. The lowest BCUT2D eigenvalue weighted by molar-refractivity contribution is -0.120. The van der Waals surface area contributed by atoms with Crippen LogP contribution in [0.2, 0.25) is 0 Å². The van der Waals surface area contributed by atoms with Crippen LogP contribution in [0.3, 0.4) is 0 Å². The normalized spacial score (nSPS) is 13.5. The van der Waals surface area contributed by atoms with Crippen molar-refractivity contribution < 1.29 is 4.79 Å². The Bertz CT molecular complexity index is 613. The highest BCUT2D eigenvalue weighted by Gasteiger charge is 2.20. The second kappa shape index (κ2) is 7.56. The average Bonchev–Trinajstić information content (AvgIpc) is 2.54. The summed E-state index contributed by atoms with van der Waals surface area (Å²) in [5.41, 5.74) is 2.06. The molecule has 0 radical (unpaired) electrons. The third-order valence-corrected chi connectivity index (χ3v) is 4.24. The number of para-hydroxylation sites is 1. The topological polar surface area (TPSA) is 32.3 Å². The van der Waals surface area contributed by atoms with Gasteiger partial charge >= 0.3 is 0 Å². The number of rotatable bonds is 5. The van der Waals surface area contributed by atoms with Crippen LogP contribution in [0.15, 0.2) is 59.1 Å². The summed E-state index contributed by atoms with van der Waals surface area (Å²) in [6.45, 7) is 3.96. The zero-order valence-electron chi connectivity index (χ0n) is 13.1.